The fourth-order valence-corrected chi connectivity index (χ4v) is 5.81. The third-order valence-corrected chi connectivity index (χ3v) is 7.11. The molecule has 0 saturated carbocycles. The van der Waals surface area contributed by atoms with E-state index >= 15 is 0 Å². The summed E-state index contributed by atoms with van der Waals surface area (Å²) in [7, 11) is 0. The summed E-state index contributed by atoms with van der Waals surface area (Å²) in [5.74, 6) is 0. The molecule has 3 aromatic heterocycles. The zero-order chi connectivity index (χ0) is 12.7. The van der Waals surface area contributed by atoms with Crippen LogP contribution in [0.1, 0.15) is 11.1 Å². The summed E-state index contributed by atoms with van der Waals surface area (Å²) in [5, 5.41) is 4.41. The minimum absolute atomic E-state index is 1.20. The molecule has 0 aromatic carbocycles. The highest BCUT2D eigenvalue weighted by atomic mass is 79.9. The molecule has 3 aromatic rings. The largest absolute Gasteiger partial charge is 0.143 e. The van der Waals surface area contributed by atoms with Crippen molar-refractivity contribution in [1.29, 1.82) is 0 Å². The van der Waals surface area contributed by atoms with E-state index in [0.29, 0.717) is 0 Å². The monoisotopic (exact) mass is 354 g/mol. The molecule has 0 atom stereocenters. The quantitative estimate of drug-likeness (QED) is 0.487. The molecule has 0 spiro atoms. The van der Waals surface area contributed by atoms with Gasteiger partial charge < -0.3 is 0 Å². The first-order valence-corrected chi connectivity index (χ1v) is 8.91. The summed E-state index contributed by atoms with van der Waals surface area (Å²) >= 11 is 9.19. The maximum atomic E-state index is 3.69. The molecule has 0 aliphatic heterocycles. The molecule has 18 heavy (non-hydrogen) atoms. The number of aryl methyl sites for hydroxylation is 2. The highest BCUT2D eigenvalue weighted by molar-refractivity contribution is 9.10. The molecule has 0 N–H and O–H groups in total. The fourth-order valence-electron chi connectivity index (χ4n) is 1.77. The molecular weight excluding hydrogens is 344 g/mol. The second-order valence-electron chi connectivity index (χ2n) is 4.26. The van der Waals surface area contributed by atoms with E-state index in [1.807, 2.05) is 34.0 Å². The van der Waals surface area contributed by atoms with Crippen molar-refractivity contribution >= 4 is 49.9 Å². The minimum Gasteiger partial charge on any atom is -0.143 e. The molecule has 0 aliphatic rings. The van der Waals surface area contributed by atoms with Gasteiger partial charge in [0.25, 0.3) is 0 Å². The zero-order valence-corrected chi connectivity index (χ0v) is 14.0. The van der Waals surface area contributed by atoms with Crippen molar-refractivity contribution in [2.45, 2.75) is 13.8 Å². The third-order valence-electron chi connectivity index (χ3n) is 2.61. The maximum absolute atomic E-state index is 3.69. The molecule has 0 nitrogen and oxygen atoms in total. The molecule has 0 bridgehead atoms. The van der Waals surface area contributed by atoms with E-state index in [9.17, 15) is 0 Å². The Hall–Kier alpha value is -0.420. The van der Waals surface area contributed by atoms with Crippen molar-refractivity contribution in [3.8, 4) is 19.5 Å². The van der Waals surface area contributed by atoms with Crippen LogP contribution in [0.2, 0.25) is 0 Å². The molecular formula is C14H11BrS3. The lowest BCUT2D eigenvalue weighted by molar-refractivity contribution is 1.56. The lowest BCUT2D eigenvalue weighted by Crippen LogP contribution is -1.62. The van der Waals surface area contributed by atoms with Crippen LogP contribution in [0.15, 0.2) is 33.4 Å². The lowest BCUT2D eigenvalue weighted by Gasteiger charge is -1.91. The minimum atomic E-state index is 1.20. The fraction of sp³-hybridized carbons (Fsp3) is 0.143. The average Bonchev–Trinajstić information content (AvgIpc) is 2.99. The van der Waals surface area contributed by atoms with E-state index in [-0.39, 0.29) is 0 Å². The predicted molar refractivity (Wildman–Crippen MR) is 88.1 cm³/mol. The van der Waals surface area contributed by atoms with Crippen molar-refractivity contribution in [1.82, 2.24) is 0 Å². The van der Waals surface area contributed by atoms with Crippen molar-refractivity contribution in [3.05, 3.63) is 44.6 Å². The Kier molecular flexibility index (Phi) is 3.45. The van der Waals surface area contributed by atoms with Crippen LogP contribution in [0.3, 0.4) is 0 Å². The topological polar surface area (TPSA) is 0 Å². The van der Waals surface area contributed by atoms with Crippen LogP contribution < -0.4 is 0 Å². The molecule has 0 fully saturated rings. The van der Waals surface area contributed by atoms with E-state index < -0.39 is 0 Å². The maximum Gasteiger partial charge on any atom is 0.0591 e. The first-order valence-electron chi connectivity index (χ1n) is 5.54. The van der Waals surface area contributed by atoms with Crippen molar-refractivity contribution in [2.75, 3.05) is 0 Å². The second-order valence-corrected chi connectivity index (χ2v) is 7.99. The van der Waals surface area contributed by atoms with Gasteiger partial charge in [-0.25, -0.2) is 0 Å². The summed E-state index contributed by atoms with van der Waals surface area (Å²) in [6, 6.07) is 6.75. The predicted octanol–water partition coefficient (Wildman–Crippen LogP) is 6.58. The van der Waals surface area contributed by atoms with Gasteiger partial charge >= 0.3 is 0 Å². The van der Waals surface area contributed by atoms with Crippen molar-refractivity contribution in [2.24, 2.45) is 0 Å². The zero-order valence-electron chi connectivity index (χ0n) is 9.99. The highest BCUT2D eigenvalue weighted by Gasteiger charge is 2.12. The van der Waals surface area contributed by atoms with Gasteiger partial charge in [-0.1, -0.05) is 0 Å². The summed E-state index contributed by atoms with van der Waals surface area (Å²) in [6.07, 6.45) is 0. The Bertz CT molecular complexity index is 688. The number of halogens is 1. The van der Waals surface area contributed by atoms with Crippen molar-refractivity contribution < 1.29 is 0 Å². The van der Waals surface area contributed by atoms with Gasteiger partial charge in [0.2, 0.25) is 0 Å². The molecule has 0 unspecified atom stereocenters. The van der Waals surface area contributed by atoms with E-state index in [4.69, 9.17) is 0 Å². The van der Waals surface area contributed by atoms with Crippen LogP contribution >= 0.6 is 49.9 Å². The lowest BCUT2D eigenvalue weighted by atomic mass is 10.3. The Morgan fingerprint density at radius 3 is 2.00 bits per heavy atom. The second kappa shape index (κ2) is 4.93. The van der Waals surface area contributed by atoms with E-state index in [1.54, 1.807) is 0 Å². The number of hydrogen-bond donors (Lipinski definition) is 0. The van der Waals surface area contributed by atoms with Gasteiger partial charge in [0.05, 0.1) is 4.88 Å². The van der Waals surface area contributed by atoms with Crippen LogP contribution in [0, 0.1) is 13.8 Å². The van der Waals surface area contributed by atoms with E-state index in [2.05, 4.69) is 58.7 Å². The molecule has 0 radical (unpaired) electrons. The van der Waals surface area contributed by atoms with Crippen LogP contribution in [0.5, 0.6) is 0 Å². The Morgan fingerprint density at radius 2 is 1.44 bits per heavy atom. The SMILES string of the molecule is Cc1csc(-c2cc(Br)c(-c3cc(C)cs3)s2)c1. The van der Waals surface area contributed by atoms with Gasteiger partial charge in [0.1, 0.15) is 0 Å². The molecule has 3 heterocycles. The molecule has 4 heteroatoms. The van der Waals surface area contributed by atoms with Gasteiger partial charge in [-0.2, -0.15) is 0 Å². The number of thiophene rings is 3. The molecule has 0 amide bonds. The molecule has 92 valence electrons. The normalized spacial score (nSPS) is 11.1. The Morgan fingerprint density at radius 1 is 0.833 bits per heavy atom. The van der Waals surface area contributed by atoms with Crippen LogP contribution in [-0.2, 0) is 0 Å². The molecule has 0 saturated heterocycles. The standard InChI is InChI=1S/C14H11BrS3/c1-8-3-11(16-6-8)12-5-10(15)14(18-12)13-4-9(2)7-17-13/h3-7H,1-2H3. The van der Waals surface area contributed by atoms with Crippen molar-refractivity contribution in [3.63, 3.8) is 0 Å². The Labute approximate surface area is 127 Å². The van der Waals surface area contributed by atoms with Gasteiger partial charge in [0, 0.05) is 19.1 Å². The first-order chi connectivity index (χ1) is 8.63. The number of hydrogen-bond acceptors (Lipinski definition) is 3. The van der Waals surface area contributed by atoms with Gasteiger partial charge in [0.15, 0.2) is 0 Å². The average molecular weight is 355 g/mol. The molecule has 0 aliphatic carbocycles. The van der Waals surface area contributed by atoms with Gasteiger partial charge in [-0.05, 0) is 69.9 Å². The summed E-state index contributed by atoms with van der Waals surface area (Å²) in [5.41, 5.74) is 2.68. The summed E-state index contributed by atoms with van der Waals surface area (Å²) in [4.78, 5) is 5.40. The van der Waals surface area contributed by atoms with Gasteiger partial charge in [-0.3, -0.25) is 0 Å². The molecule has 3 rings (SSSR count). The van der Waals surface area contributed by atoms with E-state index in [1.165, 1.54) is 35.1 Å². The first kappa shape index (κ1) is 12.6. The van der Waals surface area contributed by atoms with Crippen LogP contribution in [0.25, 0.3) is 19.5 Å². The van der Waals surface area contributed by atoms with E-state index in [0.717, 1.165) is 0 Å². The summed E-state index contributed by atoms with van der Waals surface area (Å²) < 4.78 is 1.20. The van der Waals surface area contributed by atoms with Crippen LogP contribution in [0.4, 0.5) is 0 Å². The highest BCUT2D eigenvalue weighted by Crippen LogP contribution is 2.44. The third kappa shape index (κ3) is 2.35. The smallest absolute Gasteiger partial charge is 0.0591 e. The van der Waals surface area contributed by atoms with Gasteiger partial charge in [-0.15, -0.1) is 34.0 Å². The number of rotatable bonds is 2. The summed E-state index contributed by atoms with van der Waals surface area (Å²) in [6.45, 7) is 4.29. The Balaban J connectivity index is 2.06. The van der Waals surface area contributed by atoms with Crippen LogP contribution in [-0.4, -0.2) is 0 Å².